The molecule has 0 bridgehead atoms. The highest BCUT2D eigenvalue weighted by Crippen LogP contribution is 2.15. The Balaban J connectivity index is 2.50. The van der Waals surface area contributed by atoms with Gasteiger partial charge in [0.2, 0.25) is 0 Å². The highest BCUT2D eigenvalue weighted by molar-refractivity contribution is 5.00. The molecule has 0 saturated heterocycles. The van der Waals surface area contributed by atoms with Gasteiger partial charge in [0.1, 0.15) is 0 Å². The second kappa shape index (κ2) is 5.91. The van der Waals surface area contributed by atoms with E-state index in [0.717, 1.165) is 19.5 Å². The number of hydrogen-bond acceptors (Lipinski definition) is 2. The van der Waals surface area contributed by atoms with Gasteiger partial charge in [-0.05, 0) is 37.4 Å². The van der Waals surface area contributed by atoms with Crippen molar-refractivity contribution >= 4 is 0 Å². The van der Waals surface area contributed by atoms with Gasteiger partial charge in [0.05, 0.1) is 5.69 Å². The Bertz CT molecular complexity index is 278. The van der Waals surface area contributed by atoms with E-state index in [-0.39, 0.29) is 0 Å². The molecule has 15 heavy (non-hydrogen) atoms. The summed E-state index contributed by atoms with van der Waals surface area (Å²) in [5.74, 6) is 1.38. The zero-order valence-corrected chi connectivity index (χ0v) is 10.3. The first-order chi connectivity index (χ1) is 7.13. The van der Waals surface area contributed by atoms with Gasteiger partial charge in [-0.25, -0.2) is 0 Å². The largest absolute Gasteiger partial charge is 0.317 e. The normalized spacial score (nSPS) is 13.4. The molecule has 1 N–H and O–H groups in total. The summed E-state index contributed by atoms with van der Waals surface area (Å²) in [6, 6.07) is 2.11. The average Bonchev–Trinajstić information content (AvgIpc) is 2.58. The molecule has 0 aromatic carbocycles. The van der Waals surface area contributed by atoms with E-state index in [9.17, 15) is 0 Å². The standard InChI is InChI=1S/C12H23N3/c1-5-13-9-11(10(2)3)8-12-6-7-15(4)14-12/h6-7,10-11,13H,5,8-9H2,1-4H3. The highest BCUT2D eigenvalue weighted by atomic mass is 15.2. The Kier molecular flexibility index (Phi) is 4.82. The third-order valence-corrected chi connectivity index (χ3v) is 2.84. The maximum absolute atomic E-state index is 4.43. The fraction of sp³-hybridized carbons (Fsp3) is 0.750. The van der Waals surface area contributed by atoms with Gasteiger partial charge in [0.15, 0.2) is 0 Å². The van der Waals surface area contributed by atoms with E-state index >= 15 is 0 Å². The van der Waals surface area contributed by atoms with Crippen molar-refractivity contribution in [1.29, 1.82) is 0 Å². The van der Waals surface area contributed by atoms with Crippen LogP contribution in [0.25, 0.3) is 0 Å². The van der Waals surface area contributed by atoms with Crippen molar-refractivity contribution in [3.05, 3.63) is 18.0 Å². The first-order valence-electron chi connectivity index (χ1n) is 5.82. The minimum atomic E-state index is 0.680. The van der Waals surface area contributed by atoms with Crippen LogP contribution in [0.5, 0.6) is 0 Å². The van der Waals surface area contributed by atoms with Crippen molar-refractivity contribution in [3.8, 4) is 0 Å². The molecule has 0 amide bonds. The van der Waals surface area contributed by atoms with Crippen LogP contribution in [0.1, 0.15) is 26.5 Å². The van der Waals surface area contributed by atoms with Crippen LogP contribution >= 0.6 is 0 Å². The number of nitrogens with zero attached hydrogens (tertiary/aromatic N) is 2. The number of aromatic nitrogens is 2. The molecule has 3 nitrogen and oxygen atoms in total. The van der Waals surface area contributed by atoms with Crippen LogP contribution in [0, 0.1) is 11.8 Å². The summed E-state index contributed by atoms with van der Waals surface area (Å²) in [5, 5.41) is 7.85. The maximum atomic E-state index is 4.43. The lowest BCUT2D eigenvalue weighted by atomic mass is 9.91. The van der Waals surface area contributed by atoms with Gasteiger partial charge in [-0.15, -0.1) is 0 Å². The van der Waals surface area contributed by atoms with E-state index in [0.29, 0.717) is 11.8 Å². The number of rotatable bonds is 6. The van der Waals surface area contributed by atoms with E-state index < -0.39 is 0 Å². The third kappa shape index (κ3) is 4.04. The average molecular weight is 209 g/mol. The Morgan fingerprint density at radius 1 is 1.47 bits per heavy atom. The molecule has 0 aliphatic heterocycles. The Morgan fingerprint density at radius 3 is 2.67 bits per heavy atom. The van der Waals surface area contributed by atoms with Gasteiger partial charge in [-0.3, -0.25) is 4.68 Å². The van der Waals surface area contributed by atoms with E-state index in [1.807, 2.05) is 17.9 Å². The van der Waals surface area contributed by atoms with Gasteiger partial charge in [0.25, 0.3) is 0 Å². The minimum Gasteiger partial charge on any atom is -0.317 e. The van der Waals surface area contributed by atoms with Crippen molar-refractivity contribution in [3.63, 3.8) is 0 Å². The van der Waals surface area contributed by atoms with Crippen LogP contribution < -0.4 is 5.32 Å². The van der Waals surface area contributed by atoms with Crippen LogP contribution in [-0.2, 0) is 13.5 Å². The Morgan fingerprint density at radius 2 is 2.20 bits per heavy atom. The molecular formula is C12H23N3. The molecule has 0 aliphatic carbocycles. The second-order valence-corrected chi connectivity index (χ2v) is 4.50. The summed E-state index contributed by atoms with van der Waals surface area (Å²) < 4.78 is 1.87. The van der Waals surface area contributed by atoms with Gasteiger partial charge < -0.3 is 5.32 Å². The zero-order chi connectivity index (χ0) is 11.3. The first-order valence-corrected chi connectivity index (χ1v) is 5.82. The molecule has 3 heteroatoms. The van der Waals surface area contributed by atoms with Crippen LogP contribution in [0.15, 0.2) is 12.3 Å². The van der Waals surface area contributed by atoms with E-state index in [2.05, 4.69) is 37.3 Å². The van der Waals surface area contributed by atoms with E-state index in [1.54, 1.807) is 0 Å². The topological polar surface area (TPSA) is 29.9 Å². The summed E-state index contributed by atoms with van der Waals surface area (Å²) in [5.41, 5.74) is 1.20. The van der Waals surface area contributed by atoms with Crippen LogP contribution in [-0.4, -0.2) is 22.9 Å². The lowest BCUT2D eigenvalue weighted by Crippen LogP contribution is -2.27. The summed E-state index contributed by atoms with van der Waals surface area (Å²) >= 11 is 0. The predicted octanol–water partition coefficient (Wildman–Crippen LogP) is 1.84. The molecule has 1 rings (SSSR count). The molecule has 1 unspecified atom stereocenters. The fourth-order valence-corrected chi connectivity index (χ4v) is 1.71. The summed E-state index contributed by atoms with van der Waals surface area (Å²) in [6.07, 6.45) is 3.09. The van der Waals surface area contributed by atoms with Gasteiger partial charge >= 0.3 is 0 Å². The molecule has 0 radical (unpaired) electrons. The summed E-state index contributed by atoms with van der Waals surface area (Å²) in [4.78, 5) is 0. The smallest absolute Gasteiger partial charge is 0.0627 e. The monoisotopic (exact) mass is 209 g/mol. The molecule has 86 valence electrons. The predicted molar refractivity (Wildman–Crippen MR) is 63.8 cm³/mol. The van der Waals surface area contributed by atoms with Crippen molar-refractivity contribution in [2.24, 2.45) is 18.9 Å². The van der Waals surface area contributed by atoms with Crippen LogP contribution in [0.4, 0.5) is 0 Å². The van der Waals surface area contributed by atoms with Crippen molar-refractivity contribution in [2.45, 2.75) is 27.2 Å². The molecular weight excluding hydrogens is 186 g/mol. The Labute approximate surface area is 92.9 Å². The van der Waals surface area contributed by atoms with E-state index in [1.165, 1.54) is 5.69 Å². The minimum absolute atomic E-state index is 0.680. The zero-order valence-electron chi connectivity index (χ0n) is 10.3. The number of aryl methyl sites for hydroxylation is 1. The van der Waals surface area contributed by atoms with Gasteiger partial charge in [0, 0.05) is 13.2 Å². The molecule has 0 saturated carbocycles. The maximum Gasteiger partial charge on any atom is 0.0627 e. The number of hydrogen-bond donors (Lipinski definition) is 1. The third-order valence-electron chi connectivity index (χ3n) is 2.84. The van der Waals surface area contributed by atoms with Crippen LogP contribution in [0.2, 0.25) is 0 Å². The molecule has 1 heterocycles. The van der Waals surface area contributed by atoms with Crippen LogP contribution in [0.3, 0.4) is 0 Å². The SMILES string of the molecule is CCNCC(Cc1ccn(C)n1)C(C)C. The molecule has 0 aliphatic rings. The fourth-order valence-electron chi connectivity index (χ4n) is 1.71. The molecule has 0 fully saturated rings. The van der Waals surface area contributed by atoms with Crippen molar-refractivity contribution in [2.75, 3.05) is 13.1 Å². The lowest BCUT2D eigenvalue weighted by Gasteiger charge is -2.20. The molecule has 1 atom stereocenters. The summed E-state index contributed by atoms with van der Waals surface area (Å²) in [6.45, 7) is 8.85. The van der Waals surface area contributed by atoms with Crippen molar-refractivity contribution in [1.82, 2.24) is 15.1 Å². The van der Waals surface area contributed by atoms with Gasteiger partial charge in [-0.2, -0.15) is 5.10 Å². The molecule has 1 aromatic rings. The lowest BCUT2D eigenvalue weighted by molar-refractivity contribution is 0.360. The number of nitrogens with one attached hydrogen (secondary N) is 1. The molecule has 1 aromatic heterocycles. The van der Waals surface area contributed by atoms with Gasteiger partial charge in [-0.1, -0.05) is 20.8 Å². The first kappa shape index (κ1) is 12.2. The Hall–Kier alpha value is -0.830. The van der Waals surface area contributed by atoms with Crippen molar-refractivity contribution < 1.29 is 0 Å². The van der Waals surface area contributed by atoms with E-state index in [4.69, 9.17) is 0 Å². The molecule has 0 spiro atoms. The second-order valence-electron chi connectivity index (χ2n) is 4.50. The quantitative estimate of drug-likeness (QED) is 0.775. The summed E-state index contributed by atoms with van der Waals surface area (Å²) in [7, 11) is 1.97. The highest BCUT2D eigenvalue weighted by Gasteiger charge is 2.14.